The molecule has 0 aliphatic rings. The Labute approximate surface area is 88.7 Å². The molecular weight excluding hydrogens is 196 g/mol. The van der Waals surface area contributed by atoms with E-state index in [2.05, 4.69) is 6.92 Å². The summed E-state index contributed by atoms with van der Waals surface area (Å²) in [5.41, 5.74) is 1.23. The predicted molar refractivity (Wildman–Crippen MR) is 59.1 cm³/mol. The van der Waals surface area contributed by atoms with Gasteiger partial charge >= 0.3 is 0 Å². The predicted octanol–water partition coefficient (Wildman–Crippen LogP) is 2.68. The molecule has 0 heterocycles. The standard InChI is InChI=1S/C11H14O2S/c1-8-4-5-10(6-11(8)14-3)13-7-9(2)12/h4-6H,7H2,1-3H3. The van der Waals surface area contributed by atoms with Crippen molar-refractivity contribution in [1.29, 1.82) is 0 Å². The fourth-order valence-electron chi connectivity index (χ4n) is 1.08. The highest BCUT2D eigenvalue weighted by molar-refractivity contribution is 7.98. The van der Waals surface area contributed by atoms with Gasteiger partial charge in [-0.1, -0.05) is 6.07 Å². The van der Waals surface area contributed by atoms with Crippen molar-refractivity contribution in [2.75, 3.05) is 12.9 Å². The normalized spacial score (nSPS) is 9.93. The lowest BCUT2D eigenvalue weighted by molar-refractivity contribution is -0.118. The summed E-state index contributed by atoms with van der Waals surface area (Å²) in [7, 11) is 0. The van der Waals surface area contributed by atoms with Crippen LogP contribution in [0.2, 0.25) is 0 Å². The van der Waals surface area contributed by atoms with Crippen molar-refractivity contribution in [3.63, 3.8) is 0 Å². The first-order chi connectivity index (χ1) is 6.63. The number of thioether (sulfide) groups is 1. The van der Waals surface area contributed by atoms with Crippen LogP contribution in [0.15, 0.2) is 23.1 Å². The molecule has 0 saturated heterocycles. The number of carbonyl (C=O) groups is 1. The molecule has 0 saturated carbocycles. The van der Waals surface area contributed by atoms with Crippen LogP contribution >= 0.6 is 11.8 Å². The molecule has 0 unspecified atom stereocenters. The van der Waals surface area contributed by atoms with Gasteiger partial charge in [-0.15, -0.1) is 11.8 Å². The molecule has 0 aromatic heterocycles. The van der Waals surface area contributed by atoms with E-state index in [9.17, 15) is 4.79 Å². The molecule has 1 aromatic carbocycles. The molecule has 14 heavy (non-hydrogen) atoms. The van der Waals surface area contributed by atoms with E-state index in [-0.39, 0.29) is 12.4 Å². The van der Waals surface area contributed by atoms with Crippen LogP contribution < -0.4 is 4.74 Å². The van der Waals surface area contributed by atoms with E-state index >= 15 is 0 Å². The van der Waals surface area contributed by atoms with Gasteiger partial charge in [0.15, 0.2) is 5.78 Å². The van der Waals surface area contributed by atoms with Gasteiger partial charge < -0.3 is 4.74 Å². The van der Waals surface area contributed by atoms with Crippen LogP contribution in [0.1, 0.15) is 12.5 Å². The number of Topliss-reactive ketones (excluding diaryl/α,β-unsaturated/α-hetero) is 1. The number of carbonyl (C=O) groups excluding carboxylic acids is 1. The minimum atomic E-state index is 0.0382. The second-order valence-electron chi connectivity index (χ2n) is 3.12. The zero-order valence-electron chi connectivity index (χ0n) is 8.66. The molecule has 3 heteroatoms. The third-order valence-corrected chi connectivity index (χ3v) is 2.70. The first-order valence-corrected chi connectivity index (χ1v) is 5.63. The number of ether oxygens (including phenoxy) is 1. The molecule has 1 aromatic rings. The van der Waals surface area contributed by atoms with Gasteiger partial charge in [-0.3, -0.25) is 4.79 Å². The number of ketones is 1. The van der Waals surface area contributed by atoms with E-state index in [4.69, 9.17) is 4.74 Å². The third kappa shape index (κ3) is 3.07. The summed E-state index contributed by atoms with van der Waals surface area (Å²) < 4.78 is 5.30. The van der Waals surface area contributed by atoms with Gasteiger partial charge in [0.05, 0.1) is 0 Å². The highest BCUT2D eigenvalue weighted by atomic mass is 32.2. The zero-order valence-corrected chi connectivity index (χ0v) is 9.48. The molecule has 0 aliphatic carbocycles. The quantitative estimate of drug-likeness (QED) is 0.715. The zero-order chi connectivity index (χ0) is 10.6. The Morgan fingerprint density at radius 3 is 2.79 bits per heavy atom. The summed E-state index contributed by atoms with van der Waals surface area (Å²) in [4.78, 5) is 11.9. The van der Waals surface area contributed by atoms with E-state index in [1.54, 1.807) is 11.8 Å². The van der Waals surface area contributed by atoms with Crippen molar-refractivity contribution in [2.45, 2.75) is 18.7 Å². The summed E-state index contributed by atoms with van der Waals surface area (Å²) in [5, 5.41) is 0. The Balaban J connectivity index is 2.74. The highest BCUT2D eigenvalue weighted by Gasteiger charge is 2.01. The molecule has 0 aliphatic heterocycles. The lowest BCUT2D eigenvalue weighted by Gasteiger charge is -2.07. The van der Waals surface area contributed by atoms with Gasteiger partial charge in [0.1, 0.15) is 12.4 Å². The molecule has 0 N–H and O–H groups in total. The summed E-state index contributed by atoms with van der Waals surface area (Å²) in [5.74, 6) is 0.798. The summed E-state index contributed by atoms with van der Waals surface area (Å²) in [6.07, 6.45) is 2.02. The summed E-state index contributed by atoms with van der Waals surface area (Å²) in [6.45, 7) is 3.72. The smallest absolute Gasteiger partial charge is 0.167 e. The third-order valence-electron chi connectivity index (χ3n) is 1.82. The molecule has 0 amide bonds. The van der Waals surface area contributed by atoms with Crippen LogP contribution in [0, 0.1) is 6.92 Å². The Kier molecular flexibility index (Phi) is 4.01. The van der Waals surface area contributed by atoms with E-state index in [0.717, 1.165) is 5.75 Å². The molecule has 0 atom stereocenters. The first kappa shape index (κ1) is 11.1. The van der Waals surface area contributed by atoms with Crippen LogP contribution in [-0.2, 0) is 4.79 Å². The maximum absolute atomic E-state index is 10.7. The first-order valence-electron chi connectivity index (χ1n) is 4.40. The number of rotatable bonds is 4. The Hall–Kier alpha value is -0.960. The van der Waals surface area contributed by atoms with Crippen molar-refractivity contribution >= 4 is 17.5 Å². The Bertz CT molecular complexity index is 334. The van der Waals surface area contributed by atoms with Crippen LogP contribution in [0.5, 0.6) is 5.75 Å². The molecule has 0 spiro atoms. The lowest BCUT2D eigenvalue weighted by Crippen LogP contribution is -2.06. The molecule has 0 radical (unpaired) electrons. The van der Waals surface area contributed by atoms with Crippen molar-refractivity contribution in [2.24, 2.45) is 0 Å². The molecule has 2 nitrogen and oxygen atoms in total. The van der Waals surface area contributed by atoms with Gasteiger partial charge in [-0.05, 0) is 37.8 Å². The number of aryl methyl sites for hydroxylation is 1. The largest absolute Gasteiger partial charge is 0.486 e. The second kappa shape index (κ2) is 5.05. The fourth-order valence-corrected chi connectivity index (χ4v) is 1.70. The number of benzene rings is 1. The maximum Gasteiger partial charge on any atom is 0.167 e. The fraction of sp³-hybridized carbons (Fsp3) is 0.364. The minimum absolute atomic E-state index is 0.0382. The van der Waals surface area contributed by atoms with Crippen LogP contribution in [-0.4, -0.2) is 18.6 Å². The Morgan fingerprint density at radius 1 is 1.50 bits per heavy atom. The number of hydrogen-bond donors (Lipinski definition) is 0. The van der Waals surface area contributed by atoms with Crippen molar-refractivity contribution < 1.29 is 9.53 Å². The van der Waals surface area contributed by atoms with Gasteiger partial charge in [0.25, 0.3) is 0 Å². The van der Waals surface area contributed by atoms with Crippen LogP contribution in [0.25, 0.3) is 0 Å². The van der Waals surface area contributed by atoms with Crippen molar-refractivity contribution in [3.05, 3.63) is 23.8 Å². The van der Waals surface area contributed by atoms with E-state index in [1.807, 2.05) is 24.5 Å². The van der Waals surface area contributed by atoms with Gasteiger partial charge in [-0.2, -0.15) is 0 Å². The lowest BCUT2D eigenvalue weighted by atomic mass is 10.2. The second-order valence-corrected chi connectivity index (χ2v) is 3.97. The SMILES string of the molecule is CSc1cc(OCC(C)=O)ccc1C. The molecular formula is C11H14O2S. The van der Waals surface area contributed by atoms with Crippen LogP contribution in [0.3, 0.4) is 0 Å². The number of hydrogen-bond acceptors (Lipinski definition) is 3. The molecule has 0 fully saturated rings. The van der Waals surface area contributed by atoms with Crippen molar-refractivity contribution in [1.82, 2.24) is 0 Å². The average Bonchev–Trinajstić information content (AvgIpc) is 2.16. The van der Waals surface area contributed by atoms with Crippen molar-refractivity contribution in [3.8, 4) is 5.75 Å². The van der Waals surface area contributed by atoms with Gasteiger partial charge in [-0.25, -0.2) is 0 Å². The van der Waals surface area contributed by atoms with Crippen LogP contribution in [0.4, 0.5) is 0 Å². The molecule has 76 valence electrons. The molecule has 0 bridgehead atoms. The maximum atomic E-state index is 10.7. The van der Waals surface area contributed by atoms with Gasteiger partial charge in [0.2, 0.25) is 0 Å². The summed E-state index contributed by atoms with van der Waals surface area (Å²) in [6, 6.07) is 5.85. The van der Waals surface area contributed by atoms with Gasteiger partial charge in [0, 0.05) is 4.90 Å². The summed E-state index contributed by atoms with van der Waals surface area (Å²) >= 11 is 1.68. The monoisotopic (exact) mass is 210 g/mol. The highest BCUT2D eigenvalue weighted by Crippen LogP contribution is 2.24. The topological polar surface area (TPSA) is 26.3 Å². The Morgan fingerprint density at radius 2 is 2.21 bits per heavy atom. The van der Waals surface area contributed by atoms with E-state index in [1.165, 1.54) is 17.4 Å². The molecule has 1 rings (SSSR count). The van der Waals surface area contributed by atoms with E-state index in [0.29, 0.717) is 0 Å². The van der Waals surface area contributed by atoms with E-state index < -0.39 is 0 Å². The average molecular weight is 210 g/mol. The minimum Gasteiger partial charge on any atom is -0.486 e.